The number of pyridine rings is 2. The Hall–Kier alpha value is -3.83. The number of rotatable bonds is 4. The molecule has 0 aliphatic carbocycles. The van der Waals surface area contributed by atoms with E-state index in [2.05, 4.69) is 31.7 Å². The molecule has 29 heavy (non-hydrogen) atoms. The number of benzene rings is 1. The third-order valence-corrected chi connectivity index (χ3v) is 5.25. The summed E-state index contributed by atoms with van der Waals surface area (Å²) in [6, 6.07) is 13.2. The Kier molecular flexibility index (Phi) is 5.14. The van der Waals surface area contributed by atoms with Gasteiger partial charge in [0.2, 0.25) is 0 Å². The van der Waals surface area contributed by atoms with Gasteiger partial charge in [0.15, 0.2) is 5.13 Å². The van der Waals surface area contributed by atoms with E-state index in [0.717, 1.165) is 32.5 Å². The zero-order valence-electron chi connectivity index (χ0n) is 15.5. The van der Waals surface area contributed by atoms with E-state index in [0.29, 0.717) is 17.4 Å². The molecule has 0 radical (unpaired) electrons. The lowest BCUT2D eigenvalue weighted by molar-refractivity contribution is 0.252. The zero-order chi connectivity index (χ0) is 20.2. The Balaban J connectivity index is 1.85. The number of fused-ring (bicyclic) bond motifs is 1. The Morgan fingerprint density at radius 2 is 2.07 bits per heavy atom. The second-order valence-electron chi connectivity index (χ2n) is 6.16. The third-order valence-electron chi connectivity index (χ3n) is 4.23. The van der Waals surface area contributed by atoms with E-state index < -0.39 is 0 Å². The number of hydrogen-bond donors (Lipinski definition) is 2. The molecular formula is C21H16N6OS. The number of carbonyl (C=O) groups is 1. The van der Waals surface area contributed by atoms with Gasteiger partial charge in [-0.3, -0.25) is 10.3 Å². The molecule has 0 bridgehead atoms. The quantitative estimate of drug-likeness (QED) is 0.527. The van der Waals surface area contributed by atoms with Crippen molar-refractivity contribution in [3.05, 3.63) is 60.7 Å². The first-order chi connectivity index (χ1) is 14.2. The summed E-state index contributed by atoms with van der Waals surface area (Å²) < 4.78 is 0.954. The number of amides is 2. The van der Waals surface area contributed by atoms with E-state index in [-0.39, 0.29) is 6.03 Å². The van der Waals surface area contributed by atoms with Gasteiger partial charge in [0.1, 0.15) is 11.8 Å². The first-order valence-electron chi connectivity index (χ1n) is 8.94. The lowest BCUT2D eigenvalue weighted by Gasteiger charge is -2.07. The van der Waals surface area contributed by atoms with Gasteiger partial charge >= 0.3 is 6.03 Å². The van der Waals surface area contributed by atoms with E-state index in [1.165, 1.54) is 11.3 Å². The number of nitrogens with one attached hydrogen (secondary N) is 2. The normalized spacial score (nSPS) is 10.5. The number of nitriles is 1. The smallest absolute Gasteiger partial charge is 0.321 e. The van der Waals surface area contributed by atoms with Crippen molar-refractivity contribution in [1.82, 2.24) is 20.3 Å². The van der Waals surface area contributed by atoms with Crippen LogP contribution in [0.4, 0.5) is 9.93 Å². The topological polar surface area (TPSA) is 104 Å². The van der Waals surface area contributed by atoms with Crippen LogP contribution < -0.4 is 10.6 Å². The molecule has 0 spiro atoms. The first-order valence-corrected chi connectivity index (χ1v) is 9.76. The van der Waals surface area contributed by atoms with Gasteiger partial charge in [-0.25, -0.2) is 14.8 Å². The van der Waals surface area contributed by atoms with Gasteiger partial charge < -0.3 is 5.32 Å². The van der Waals surface area contributed by atoms with Gasteiger partial charge in [0, 0.05) is 41.8 Å². The number of urea groups is 1. The fraction of sp³-hybridized carbons (Fsp3) is 0.0952. The lowest BCUT2D eigenvalue weighted by atomic mass is 10.00. The summed E-state index contributed by atoms with van der Waals surface area (Å²) in [5.74, 6) is 0. The van der Waals surface area contributed by atoms with Gasteiger partial charge in [-0.1, -0.05) is 17.4 Å². The van der Waals surface area contributed by atoms with Crippen molar-refractivity contribution in [3.63, 3.8) is 0 Å². The second kappa shape index (κ2) is 8.04. The highest BCUT2D eigenvalue weighted by Gasteiger charge is 2.14. The van der Waals surface area contributed by atoms with Gasteiger partial charge in [-0.2, -0.15) is 5.26 Å². The first kappa shape index (κ1) is 18.5. The summed E-state index contributed by atoms with van der Waals surface area (Å²) >= 11 is 1.41. The molecule has 2 N–H and O–H groups in total. The maximum atomic E-state index is 11.9. The van der Waals surface area contributed by atoms with Crippen LogP contribution in [0.3, 0.4) is 0 Å². The molecule has 0 saturated heterocycles. The molecule has 2 amide bonds. The summed E-state index contributed by atoms with van der Waals surface area (Å²) in [6.45, 7) is 2.39. The largest absolute Gasteiger partial charge is 0.338 e. The highest BCUT2D eigenvalue weighted by atomic mass is 32.1. The minimum absolute atomic E-state index is 0.286. The number of hydrogen-bond acceptors (Lipinski definition) is 6. The van der Waals surface area contributed by atoms with Crippen LogP contribution in [0, 0.1) is 11.3 Å². The number of thiazole rings is 1. The molecular weight excluding hydrogens is 384 g/mol. The molecule has 8 heteroatoms. The summed E-state index contributed by atoms with van der Waals surface area (Å²) in [7, 11) is 0. The number of aromatic nitrogens is 3. The van der Waals surface area contributed by atoms with Crippen molar-refractivity contribution >= 4 is 32.7 Å². The third kappa shape index (κ3) is 3.90. The van der Waals surface area contributed by atoms with E-state index in [4.69, 9.17) is 5.26 Å². The molecule has 3 heterocycles. The van der Waals surface area contributed by atoms with Crippen LogP contribution in [0.25, 0.3) is 32.5 Å². The summed E-state index contributed by atoms with van der Waals surface area (Å²) in [5, 5.41) is 15.0. The SMILES string of the molecule is CCNC(=O)Nc1nc2cc(-c3ccc(C#N)nc3)cc(-c3cccnc3)c2s1. The Morgan fingerprint density at radius 1 is 1.17 bits per heavy atom. The molecule has 142 valence electrons. The monoisotopic (exact) mass is 400 g/mol. The number of nitrogens with zero attached hydrogens (tertiary/aromatic N) is 4. The molecule has 0 fully saturated rings. The van der Waals surface area contributed by atoms with Crippen molar-refractivity contribution in [2.24, 2.45) is 0 Å². The standard InChI is InChI=1S/C21H16N6OS/c1-2-24-20(28)27-21-26-18-9-15(13-5-6-16(10-22)25-12-13)8-17(19(18)29-21)14-4-3-7-23-11-14/h3-9,11-12H,2H2,1H3,(H2,24,26,27,28). The lowest BCUT2D eigenvalue weighted by Crippen LogP contribution is -2.28. The van der Waals surface area contributed by atoms with Crippen LogP contribution in [-0.2, 0) is 0 Å². The molecule has 0 unspecified atom stereocenters. The van der Waals surface area contributed by atoms with Gasteiger partial charge in [-0.05, 0) is 42.8 Å². The second-order valence-corrected chi connectivity index (χ2v) is 7.16. The van der Waals surface area contributed by atoms with E-state index in [1.807, 2.05) is 37.3 Å². The minimum atomic E-state index is -0.286. The predicted octanol–water partition coefficient (Wildman–Crippen LogP) is 4.43. The van der Waals surface area contributed by atoms with Crippen LogP contribution >= 0.6 is 11.3 Å². The average molecular weight is 400 g/mol. The summed E-state index contributed by atoms with van der Waals surface area (Å²) in [5.41, 5.74) is 4.85. The fourth-order valence-corrected chi connectivity index (χ4v) is 3.90. The number of anilines is 1. The molecule has 1 aromatic carbocycles. The Bertz CT molecular complexity index is 1210. The predicted molar refractivity (Wildman–Crippen MR) is 113 cm³/mol. The van der Waals surface area contributed by atoms with Crippen LogP contribution in [0.15, 0.2) is 55.0 Å². The Morgan fingerprint density at radius 3 is 2.76 bits per heavy atom. The van der Waals surface area contributed by atoms with Crippen molar-refractivity contribution in [2.75, 3.05) is 11.9 Å². The van der Waals surface area contributed by atoms with E-state index in [1.54, 1.807) is 24.7 Å². The average Bonchev–Trinajstić information content (AvgIpc) is 3.16. The molecule has 3 aromatic heterocycles. The molecule has 0 aliphatic rings. The van der Waals surface area contributed by atoms with Crippen molar-refractivity contribution in [2.45, 2.75) is 6.92 Å². The van der Waals surface area contributed by atoms with Crippen molar-refractivity contribution < 1.29 is 4.79 Å². The van der Waals surface area contributed by atoms with Gasteiger partial charge in [-0.15, -0.1) is 0 Å². The van der Waals surface area contributed by atoms with Crippen molar-refractivity contribution in [1.29, 1.82) is 5.26 Å². The van der Waals surface area contributed by atoms with Crippen LogP contribution in [0.1, 0.15) is 12.6 Å². The minimum Gasteiger partial charge on any atom is -0.338 e. The highest BCUT2D eigenvalue weighted by Crippen LogP contribution is 2.38. The molecule has 4 aromatic rings. The molecule has 0 saturated carbocycles. The number of carbonyl (C=O) groups excluding carboxylic acids is 1. The zero-order valence-corrected chi connectivity index (χ0v) is 16.3. The van der Waals surface area contributed by atoms with Crippen LogP contribution in [0.5, 0.6) is 0 Å². The molecule has 0 aliphatic heterocycles. The molecule has 4 rings (SSSR count). The Labute approximate surface area is 171 Å². The molecule has 7 nitrogen and oxygen atoms in total. The van der Waals surface area contributed by atoms with Gasteiger partial charge in [0.05, 0.1) is 10.2 Å². The fourth-order valence-electron chi connectivity index (χ4n) is 2.92. The van der Waals surface area contributed by atoms with E-state index >= 15 is 0 Å². The summed E-state index contributed by atoms with van der Waals surface area (Å²) in [4.78, 5) is 24.9. The summed E-state index contributed by atoms with van der Waals surface area (Å²) in [6.07, 6.45) is 5.20. The van der Waals surface area contributed by atoms with Crippen LogP contribution in [0.2, 0.25) is 0 Å². The maximum Gasteiger partial charge on any atom is 0.321 e. The van der Waals surface area contributed by atoms with Crippen molar-refractivity contribution in [3.8, 4) is 28.3 Å². The molecule has 0 atom stereocenters. The van der Waals surface area contributed by atoms with Crippen LogP contribution in [-0.4, -0.2) is 27.5 Å². The van der Waals surface area contributed by atoms with Gasteiger partial charge in [0.25, 0.3) is 0 Å². The maximum absolute atomic E-state index is 11.9. The highest BCUT2D eigenvalue weighted by molar-refractivity contribution is 7.22. The van der Waals surface area contributed by atoms with E-state index in [9.17, 15) is 4.79 Å².